The van der Waals surface area contributed by atoms with Crippen LogP contribution in [0, 0.1) is 0 Å². The number of carbonyl (C=O) groups excluding carboxylic acids is 1. The van der Waals surface area contributed by atoms with Crippen molar-refractivity contribution in [2.24, 2.45) is 0 Å². The molecule has 0 radical (unpaired) electrons. The summed E-state index contributed by atoms with van der Waals surface area (Å²) in [5, 5.41) is -0.0270. The van der Waals surface area contributed by atoms with Crippen LogP contribution in [-0.2, 0) is 11.2 Å². The molecule has 148 valence electrons. The number of nitrogens with zero attached hydrogens (tertiary/aromatic N) is 2. The van der Waals surface area contributed by atoms with E-state index >= 15 is 0 Å². The van der Waals surface area contributed by atoms with E-state index in [2.05, 4.69) is 22.1 Å². The summed E-state index contributed by atoms with van der Waals surface area (Å²) in [4.78, 5) is 24.6. The van der Waals surface area contributed by atoms with Crippen LogP contribution in [0.4, 0.5) is 0 Å². The molecule has 3 heterocycles. The van der Waals surface area contributed by atoms with Crippen molar-refractivity contribution in [2.45, 2.75) is 35.4 Å². The van der Waals surface area contributed by atoms with Crippen molar-refractivity contribution in [3.05, 3.63) is 66.1 Å². The molecular formula is C23H23N3O2S. The topological polar surface area (TPSA) is 58.2 Å². The van der Waals surface area contributed by atoms with Gasteiger partial charge in [-0.15, -0.1) is 11.8 Å². The summed E-state index contributed by atoms with van der Waals surface area (Å²) >= 11 is 1.70. The van der Waals surface area contributed by atoms with Crippen molar-refractivity contribution in [1.82, 2.24) is 14.9 Å². The van der Waals surface area contributed by atoms with Gasteiger partial charge in [-0.25, -0.2) is 4.98 Å². The summed E-state index contributed by atoms with van der Waals surface area (Å²) in [7, 11) is 1.67. The van der Waals surface area contributed by atoms with Crippen molar-refractivity contribution < 1.29 is 9.53 Å². The van der Waals surface area contributed by atoms with Crippen LogP contribution in [0.2, 0.25) is 0 Å². The van der Waals surface area contributed by atoms with Crippen LogP contribution >= 0.6 is 11.8 Å². The van der Waals surface area contributed by atoms with E-state index in [1.54, 1.807) is 18.9 Å². The number of ether oxygens (including phenoxy) is 1. The Labute approximate surface area is 174 Å². The van der Waals surface area contributed by atoms with Crippen LogP contribution in [0.5, 0.6) is 5.75 Å². The molecule has 0 saturated carbocycles. The van der Waals surface area contributed by atoms with Crippen LogP contribution in [0.1, 0.15) is 30.3 Å². The van der Waals surface area contributed by atoms with Crippen LogP contribution in [-0.4, -0.2) is 39.7 Å². The number of amides is 1. The van der Waals surface area contributed by atoms with Gasteiger partial charge >= 0.3 is 0 Å². The first-order valence-electron chi connectivity index (χ1n) is 9.97. The van der Waals surface area contributed by atoms with Crippen molar-refractivity contribution in [2.75, 3.05) is 13.7 Å². The summed E-state index contributed by atoms with van der Waals surface area (Å²) in [6.45, 7) is 0.798. The number of hydrogen-bond donors (Lipinski definition) is 1. The number of nitrogens with one attached hydrogen (secondary N) is 1. The third-order valence-corrected chi connectivity index (χ3v) is 7.06. The molecule has 2 atom stereocenters. The molecule has 1 amide bonds. The van der Waals surface area contributed by atoms with Crippen LogP contribution in [0.15, 0.2) is 59.6 Å². The number of thioether (sulfide) groups is 1. The van der Waals surface area contributed by atoms with Gasteiger partial charge in [0.25, 0.3) is 0 Å². The maximum absolute atomic E-state index is 13.3. The zero-order valence-corrected chi connectivity index (χ0v) is 17.1. The molecule has 0 bridgehead atoms. The second-order valence-corrected chi connectivity index (χ2v) is 8.77. The zero-order chi connectivity index (χ0) is 19.8. The molecule has 0 unspecified atom stereocenters. The minimum atomic E-state index is -0.0270. The lowest BCUT2D eigenvalue weighted by Gasteiger charge is -2.25. The second-order valence-electron chi connectivity index (χ2n) is 7.52. The third kappa shape index (κ3) is 3.42. The lowest BCUT2D eigenvalue weighted by Crippen LogP contribution is -2.37. The van der Waals surface area contributed by atoms with Gasteiger partial charge in [0.05, 0.1) is 30.3 Å². The highest BCUT2D eigenvalue weighted by molar-refractivity contribution is 8.01. The Kier molecular flexibility index (Phi) is 4.79. The average molecular weight is 406 g/mol. The third-order valence-electron chi connectivity index (χ3n) is 5.75. The minimum Gasteiger partial charge on any atom is -0.497 e. The molecular weight excluding hydrogens is 382 g/mol. The standard InChI is InChI=1S/C23H23N3O2S/c1-28-17-8-4-7-15(12-17)18-14-24-22(25-18)19-9-5-11-26(19)23(27)21-13-16-6-2-3-10-20(16)29-21/h2-4,6-8,10,12,14,19,21H,5,9,11,13H2,1H3,(H,24,25)/t19-,21+/m1/s1. The number of imidazole rings is 1. The SMILES string of the molecule is COc1cccc(-c2cnc([C@H]3CCCN3C(=O)[C@@H]3Cc4ccccc4S3)[nH]2)c1. The van der Waals surface area contributed by atoms with E-state index in [4.69, 9.17) is 4.74 Å². The Morgan fingerprint density at radius 3 is 3.00 bits per heavy atom. The van der Waals surface area contributed by atoms with Gasteiger partial charge in [0.1, 0.15) is 11.6 Å². The fourth-order valence-electron chi connectivity index (χ4n) is 4.26. The second kappa shape index (κ2) is 7.59. The lowest BCUT2D eigenvalue weighted by atomic mass is 10.1. The lowest BCUT2D eigenvalue weighted by molar-refractivity contribution is -0.131. The number of rotatable bonds is 4. The van der Waals surface area contributed by atoms with Crippen LogP contribution in [0.25, 0.3) is 11.3 Å². The van der Waals surface area contributed by atoms with Gasteiger partial charge < -0.3 is 14.6 Å². The molecule has 1 aromatic heterocycles. The van der Waals surface area contributed by atoms with E-state index in [0.29, 0.717) is 0 Å². The van der Waals surface area contributed by atoms with Gasteiger partial charge in [0.2, 0.25) is 5.91 Å². The van der Waals surface area contributed by atoms with Gasteiger partial charge in [0, 0.05) is 17.0 Å². The highest BCUT2D eigenvalue weighted by atomic mass is 32.2. The number of benzene rings is 2. The molecule has 5 rings (SSSR count). The van der Waals surface area contributed by atoms with Gasteiger partial charge in [0.15, 0.2) is 0 Å². The summed E-state index contributed by atoms with van der Waals surface area (Å²) < 4.78 is 5.33. The zero-order valence-electron chi connectivity index (χ0n) is 16.3. The Balaban J connectivity index is 1.35. The molecule has 1 fully saturated rings. The van der Waals surface area contributed by atoms with E-state index in [1.807, 2.05) is 47.5 Å². The maximum atomic E-state index is 13.3. The Morgan fingerprint density at radius 1 is 1.24 bits per heavy atom. The van der Waals surface area contributed by atoms with Crippen LogP contribution in [0.3, 0.4) is 0 Å². The molecule has 2 aliphatic heterocycles. The predicted octanol–water partition coefficient (Wildman–Crippen LogP) is 4.47. The number of carbonyl (C=O) groups is 1. The fourth-order valence-corrected chi connectivity index (χ4v) is 5.53. The van der Waals surface area contributed by atoms with Crippen LogP contribution < -0.4 is 4.74 Å². The summed E-state index contributed by atoms with van der Waals surface area (Å²) in [6.07, 6.45) is 4.62. The molecule has 1 saturated heterocycles. The Bertz CT molecular complexity index is 1020. The number of methoxy groups -OCH3 is 1. The quantitative estimate of drug-likeness (QED) is 0.696. The van der Waals surface area contributed by atoms with Gasteiger partial charge in [-0.1, -0.05) is 30.3 Å². The molecule has 6 heteroatoms. The van der Waals surface area contributed by atoms with E-state index in [0.717, 1.165) is 48.6 Å². The highest BCUT2D eigenvalue weighted by Gasteiger charge is 2.38. The Morgan fingerprint density at radius 2 is 2.14 bits per heavy atom. The largest absolute Gasteiger partial charge is 0.497 e. The monoisotopic (exact) mass is 405 g/mol. The number of fused-ring (bicyclic) bond motifs is 1. The molecule has 3 aromatic rings. The van der Waals surface area contributed by atoms with E-state index in [-0.39, 0.29) is 17.2 Å². The van der Waals surface area contributed by atoms with E-state index < -0.39 is 0 Å². The number of aromatic nitrogens is 2. The van der Waals surface area contributed by atoms with Crippen molar-refractivity contribution >= 4 is 17.7 Å². The Hall–Kier alpha value is -2.73. The summed E-state index contributed by atoms with van der Waals surface area (Å²) in [5.74, 6) is 1.91. The molecule has 2 aliphatic rings. The number of likely N-dealkylation sites (tertiary alicyclic amines) is 1. The number of hydrogen-bond acceptors (Lipinski definition) is 4. The molecule has 2 aromatic carbocycles. The fraction of sp³-hybridized carbons (Fsp3) is 0.304. The number of aromatic amines is 1. The number of H-pyrrole nitrogens is 1. The summed E-state index contributed by atoms with van der Waals surface area (Å²) in [5.41, 5.74) is 3.26. The van der Waals surface area contributed by atoms with Gasteiger partial charge in [-0.3, -0.25) is 4.79 Å². The maximum Gasteiger partial charge on any atom is 0.237 e. The molecule has 0 aliphatic carbocycles. The van der Waals surface area contributed by atoms with Gasteiger partial charge in [-0.2, -0.15) is 0 Å². The first-order valence-corrected chi connectivity index (χ1v) is 10.9. The molecule has 1 N–H and O–H groups in total. The smallest absolute Gasteiger partial charge is 0.237 e. The first kappa shape index (κ1) is 18.3. The van der Waals surface area contributed by atoms with Gasteiger partial charge in [-0.05, 0) is 43.0 Å². The average Bonchev–Trinajstić information content (AvgIpc) is 3.51. The molecule has 5 nitrogen and oxygen atoms in total. The van der Waals surface area contributed by atoms with Crippen molar-refractivity contribution in [1.29, 1.82) is 0 Å². The van der Waals surface area contributed by atoms with Crippen molar-refractivity contribution in [3.63, 3.8) is 0 Å². The molecule has 0 spiro atoms. The predicted molar refractivity (Wildman–Crippen MR) is 114 cm³/mol. The normalized spacial score (nSPS) is 20.7. The molecule has 29 heavy (non-hydrogen) atoms. The minimum absolute atomic E-state index is 0.0196. The highest BCUT2D eigenvalue weighted by Crippen LogP contribution is 2.40. The van der Waals surface area contributed by atoms with Crippen molar-refractivity contribution in [3.8, 4) is 17.0 Å². The van der Waals surface area contributed by atoms with E-state index in [1.165, 1.54) is 10.5 Å². The van der Waals surface area contributed by atoms with E-state index in [9.17, 15) is 4.79 Å². The summed E-state index contributed by atoms with van der Waals surface area (Å²) in [6, 6.07) is 16.3. The first-order chi connectivity index (χ1) is 14.2.